The summed E-state index contributed by atoms with van der Waals surface area (Å²) < 4.78 is 23.7. The van der Waals surface area contributed by atoms with E-state index in [9.17, 15) is 8.42 Å². The van der Waals surface area contributed by atoms with Gasteiger partial charge in [0.15, 0.2) is 9.84 Å². The Balaban J connectivity index is 1.89. The molecule has 0 saturated carbocycles. The molecule has 1 aromatic carbocycles. The third-order valence-corrected chi connectivity index (χ3v) is 6.53. The molecule has 1 unspecified atom stereocenters. The van der Waals surface area contributed by atoms with E-state index in [0.29, 0.717) is 29.8 Å². The molecule has 1 aromatic heterocycles. The molecule has 26 heavy (non-hydrogen) atoms. The summed E-state index contributed by atoms with van der Waals surface area (Å²) in [5.74, 6) is 1.63. The maximum Gasteiger partial charge on any atom is 0.227 e. The lowest BCUT2D eigenvalue weighted by Crippen LogP contribution is -2.37. The highest BCUT2D eigenvalue weighted by atomic mass is 35.5. The van der Waals surface area contributed by atoms with Gasteiger partial charge in [0, 0.05) is 35.1 Å². The van der Waals surface area contributed by atoms with Gasteiger partial charge in [-0.05, 0) is 51.0 Å². The lowest BCUT2D eigenvalue weighted by atomic mass is 10.2. The molecule has 3 rings (SSSR count). The van der Waals surface area contributed by atoms with Crippen LogP contribution in [0.2, 0.25) is 5.02 Å². The van der Waals surface area contributed by atoms with Crippen LogP contribution in [0.4, 0.5) is 17.5 Å². The SMILES string of the molecule is CCN(c1nc(C)cc(Nc2ccc(Cl)cc2C)n1)C1CCS(=O)(=O)C1. The summed E-state index contributed by atoms with van der Waals surface area (Å²) in [6.45, 7) is 6.53. The van der Waals surface area contributed by atoms with Gasteiger partial charge >= 0.3 is 0 Å². The van der Waals surface area contributed by atoms with Crippen molar-refractivity contribution in [2.45, 2.75) is 33.2 Å². The van der Waals surface area contributed by atoms with E-state index in [2.05, 4.69) is 15.3 Å². The van der Waals surface area contributed by atoms with E-state index in [1.165, 1.54) is 0 Å². The summed E-state index contributed by atoms with van der Waals surface area (Å²) in [7, 11) is -2.96. The summed E-state index contributed by atoms with van der Waals surface area (Å²) >= 11 is 6.02. The van der Waals surface area contributed by atoms with E-state index in [-0.39, 0.29) is 17.5 Å². The Morgan fingerprint density at radius 1 is 1.27 bits per heavy atom. The third-order valence-electron chi connectivity index (χ3n) is 4.54. The first kappa shape index (κ1) is 18.9. The van der Waals surface area contributed by atoms with Crippen molar-refractivity contribution in [2.75, 3.05) is 28.3 Å². The van der Waals surface area contributed by atoms with Crippen molar-refractivity contribution in [3.05, 3.63) is 40.5 Å². The zero-order chi connectivity index (χ0) is 18.9. The Labute approximate surface area is 159 Å². The first-order valence-electron chi connectivity index (χ1n) is 8.63. The molecule has 1 N–H and O–H groups in total. The van der Waals surface area contributed by atoms with Crippen LogP contribution in [0, 0.1) is 13.8 Å². The van der Waals surface area contributed by atoms with E-state index in [4.69, 9.17) is 11.6 Å². The number of nitrogens with zero attached hydrogens (tertiary/aromatic N) is 3. The van der Waals surface area contributed by atoms with Gasteiger partial charge in [0.25, 0.3) is 0 Å². The Morgan fingerprint density at radius 3 is 2.65 bits per heavy atom. The van der Waals surface area contributed by atoms with Crippen LogP contribution in [-0.4, -0.2) is 42.5 Å². The number of aryl methyl sites for hydroxylation is 2. The largest absolute Gasteiger partial charge is 0.340 e. The van der Waals surface area contributed by atoms with Crippen LogP contribution in [0.3, 0.4) is 0 Å². The fourth-order valence-corrected chi connectivity index (χ4v) is 5.19. The predicted molar refractivity (Wildman–Crippen MR) is 106 cm³/mol. The van der Waals surface area contributed by atoms with Gasteiger partial charge in [-0.15, -0.1) is 0 Å². The summed E-state index contributed by atoms with van der Waals surface area (Å²) in [5.41, 5.74) is 2.76. The lowest BCUT2D eigenvalue weighted by Gasteiger charge is -2.27. The molecule has 0 bridgehead atoms. The van der Waals surface area contributed by atoms with Crippen molar-refractivity contribution in [1.82, 2.24) is 9.97 Å². The lowest BCUT2D eigenvalue weighted by molar-refractivity contribution is 0.599. The maximum atomic E-state index is 11.8. The van der Waals surface area contributed by atoms with Gasteiger partial charge in [-0.1, -0.05) is 11.6 Å². The molecule has 2 aromatic rings. The highest BCUT2D eigenvalue weighted by Crippen LogP contribution is 2.26. The van der Waals surface area contributed by atoms with Crippen molar-refractivity contribution >= 4 is 38.9 Å². The van der Waals surface area contributed by atoms with Gasteiger partial charge in [-0.3, -0.25) is 0 Å². The highest BCUT2D eigenvalue weighted by molar-refractivity contribution is 7.91. The first-order valence-corrected chi connectivity index (χ1v) is 10.8. The summed E-state index contributed by atoms with van der Waals surface area (Å²) in [6.07, 6.45) is 0.618. The summed E-state index contributed by atoms with van der Waals surface area (Å²) in [6, 6.07) is 7.43. The van der Waals surface area contributed by atoms with Crippen LogP contribution in [0.25, 0.3) is 0 Å². The second kappa shape index (κ2) is 7.40. The molecule has 6 nitrogen and oxygen atoms in total. The quantitative estimate of drug-likeness (QED) is 0.836. The van der Waals surface area contributed by atoms with Gasteiger partial charge in [0.1, 0.15) is 5.82 Å². The monoisotopic (exact) mass is 394 g/mol. The number of aromatic nitrogens is 2. The van der Waals surface area contributed by atoms with Crippen molar-refractivity contribution < 1.29 is 8.42 Å². The Morgan fingerprint density at radius 2 is 2.04 bits per heavy atom. The molecule has 140 valence electrons. The van der Waals surface area contributed by atoms with Gasteiger partial charge in [0.2, 0.25) is 5.95 Å². The summed E-state index contributed by atoms with van der Waals surface area (Å²) in [4.78, 5) is 11.1. The van der Waals surface area contributed by atoms with Gasteiger partial charge in [0.05, 0.1) is 11.5 Å². The molecule has 0 amide bonds. The minimum Gasteiger partial charge on any atom is -0.340 e. The van der Waals surface area contributed by atoms with Gasteiger partial charge in [-0.2, -0.15) is 4.98 Å². The molecule has 0 aliphatic carbocycles. The number of sulfone groups is 1. The smallest absolute Gasteiger partial charge is 0.227 e. The average Bonchev–Trinajstić information content (AvgIpc) is 2.90. The molecule has 1 atom stereocenters. The first-order chi connectivity index (χ1) is 12.3. The van der Waals surface area contributed by atoms with E-state index in [0.717, 1.165) is 16.9 Å². The number of halogens is 1. The van der Waals surface area contributed by atoms with Crippen molar-refractivity contribution in [3.63, 3.8) is 0 Å². The number of nitrogens with one attached hydrogen (secondary N) is 1. The van der Waals surface area contributed by atoms with Crippen LogP contribution in [0.1, 0.15) is 24.6 Å². The number of hydrogen-bond acceptors (Lipinski definition) is 6. The predicted octanol–water partition coefficient (Wildman–Crippen LogP) is 3.50. The molecule has 2 heterocycles. The Hall–Kier alpha value is -1.86. The summed E-state index contributed by atoms with van der Waals surface area (Å²) in [5, 5.41) is 4.00. The van der Waals surface area contributed by atoms with Crippen LogP contribution < -0.4 is 10.2 Å². The fourth-order valence-electron chi connectivity index (χ4n) is 3.23. The number of rotatable bonds is 5. The Bertz CT molecular complexity index is 917. The molecule has 1 fully saturated rings. The van der Waals surface area contributed by atoms with E-state index in [1.54, 1.807) is 0 Å². The normalized spacial score (nSPS) is 18.7. The van der Waals surface area contributed by atoms with Crippen molar-refractivity contribution in [2.24, 2.45) is 0 Å². The molecule has 8 heteroatoms. The molecule has 0 spiro atoms. The minimum atomic E-state index is -2.96. The molecule has 1 aliphatic rings. The van der Waals surface area contributed by atoms with E-state index < -0.39 is 9.84 Å². The van der Waals surface area contributed by atoms with Crippen LogP contribution >= 0.6 is 11.6 Å². The number of anilines is 3. The molecule has 0 radical (unpaired) electrons. The molecular weight excluding hydrogens is 372 g/mol. The standard InChI is InChI=1S/C18H23ClN4O2S/c1-4-23(15-7-8-26(24,25)11-15)18-20-13(3)10-17(22-18)21-16-6-5-14(19)9-12(16)2/h5-6,9-10,15H,4,7-8,11H2,1-3H3,(H,20,21,22). The van der Waals surface area contributed by atoms with Gasteiger partial charge < -0.3 is 10.2 Å². The van der Waals surface area contributed by atoms with E-state index in [1.807, 2.05) is 49.9 Å². The molecular formula is C18H23ClN4O2S. The zero-order valence-corrected chi connectivity index (χ0v) is 16.7. The maximum absolute atomic E-state index is 11.8. The van der Waals surface area contributed by atoms with E-state index >= 15 is 0 Å². The fraction of sp³-hybridized carbons (Fsp3) is 0.444. The topological polar surface area (TPSA) is 75.2 Å². The average molecular weight is 395 g/mol. The second-order valence-corrected chi connectivity index (χ2v) is 9.29. The Kier molecular flexibility index (Phi) is 5.39. The van der Waals surface area contributed by atoms with Gasteiger partial charge in [-0.25, -0.2) is 13.4 Å². The van der Waals surface area contributed by atoms with Crippen molar-refractivity contribution in [3.8, 4) is 0 Å². The number of hydrogen-bond donors (Lipinski definition) is 1. The van der Waals surface area contributed by atoms with Crippen molar-refractivity contribution in [1.29, 1.82) is 0 Å². The van der Waals surface area contributed by atoms with Crippen LogP contribution in [0.15, 0.2) is 24.3 Å². The molecule has 1 saturated heterocycles. The molecule has 1 aliphatic heterocycles. The third kappa shape index (κ3) is 4.27. The second-order valence-electron chi connectivity index (χ2n) is 6.62. The minimum absolute atomic E-state index is 0.0723. The number of benzene rings is 1. The van der Waals surface area contributed by atoms with Crippen LogP contribution in [0.5, 0.6) is 0 Å². The van der Waals surface area contributed by atoms with Crippen LogP contribution in [-0.2, 0) is 9.84 Å². The highest BCUT2D eigenvalue weighted by Gasteiger charge is 2.33. The zero-order valence-electron chi connectivity index (χ0n) is 15.2.